The first-order valence-corrected chi connectivity index (χ1v) is 9.88. The number of carbonyl (C=O) groups excluding carboxylic acids is 2. The summed E-state index contributed by atoms with van der Waals surface area (Å²) < 4.78 is 6.20. The van der Waals surface area contributed by atoms with Crippen molar-refractivity contribution in [1.82, 2.24) is 9.55 Å². The van der Waals surface area contributed by atoms with Gasteiger partial charge < -0.3 is 10.1 Å². The molecule has 0 atom stereocenters. The molecule has 29 heavy (non-hydrogen) atoms. The van der Waals surface area contributed by atoms with E-state index in [1.807, 2.05) is 42.5 Å². The molecule has 2 aromatic heterocycles. The van der Waals surface area contributed by atoms with Crippen molar-refractivity contribution in [3.05, 3.63) is 70.1 Å². The van der Waals surface area contributed by atoms with E-state index in [0.29, 0.717) is 10.5 Å². The van der Waals surface area contributed by atoms with Gasteiger partial charge in [0.25, 0.3) is 5.56 Å². The van der Waals surface area contributed by atoms with Crippen molar-refractivity contribution >= 4 is 49.9 Å². The number of thiophene rings is 1. The number of nitrogens with zero attached hydrogens (tertiary/aromatic N) is 2. The van der Waals surface area contributed by atoms with E-state index in [-0.39, 0.29) is 30.0 Å². The lowest BCUT2D eigenvalue weighted by atomic mass is 10.1. The second-order valence-corrected chi connectivity index (χ2v) is 7.16. The van der Waals surface area contributed by atoms with Crippen LogP contribution in [0.15, 0.2) is 59.0 Å². The summed E-state index contributed by atoms with van der Waals surface area (Å²) in [5.41, 5.74) is 0.387. The molecule has 0 aliphatic heterocycles. The molecule has 7 nitrogen and oxygen atoms in total. The number of hydrogen-bond acceptors (Lipinski definition) is 6. The largest absolute Gasteiger partial charge is 0.462 e. The number of ether oxygens (including phenoxy) is 1. The van der Waals surface area contributed by atoms with Crippen LogP contribution in [-0.4, -0.2) is 28.0 Å². The van der Waals surface area contributed by atoms with E-state index >= 15 is 0 Å². The zero-order chi connectivity index (χ0) is 20.4. The molecular weight excluding hydrogens is 390 g/mol. The summed E-state index contributed by atoms with van der Waals surface area (Å²) in [5, 5.41) is 6.48. The third-order valence-electron chi connectivity index (χ3n) is 4.43. The smallest absolute Gasteiger partial charge is 0.339 e. The Morgan fingerprint density at radius 2 is 1.97 bits per heavy atom. The fraction of sp³-hybridized carbons (Fsp3) is 0.143. The monoisotopic (exact) mass is 407 g/mol. The average molecular weight is 407 g/mol. The molecule has 0 radical (unpaired) electrons. The minimum Gasteiger partial charge on any atom is -0.462 e. The van der Waals surface area contributed by atoms with Crippen LogP contribution in [0.1, 0.15) is 17.3 Å². The van der Waals surface area contributed by atoms with Crippen molar-refractivity contribution in [2.24, 2.45) is 0 Å². The van der Waals surface area contributed by atoms with E-state index in [2.05, 4.69) is 10.3 Å². The number of esters is 1. The third kappa shape index (κ3) is 3.62. The Morgan fingerprint density at radius 1 is 1.17 bits per heavy atom. The molecule has 0 bridgehead atoms. The van der Waals surface area contributed by atoms with E-state index in [9.17, 15) is 14.4 Å². The predicted octanol–water partition coefficient (Wildman–Crippen LogP) is 3.43. The van der Waals surface area contributed by atoms with Gasteiger partial charge in [0.2, 0.25) is 5.91 Å². The van der Waals surface area contributed by atoms with E-state index in [1.54, 1.807) is 12.3 Å². The van der Waals surface area contributed by atoms with Crippen molar-refractivity contribution in [3.63, 3.8) is 0 Å². The Labute approximate surface area is 169 Å². The third-order valence-corrected chi connectivity index (χ3v) is 5.32. The van der Waals surface area contributed by atoms with Crippen LogP contribution in [0.5, 0.6) is 0 Å². The minimum atomic E-state index is -0.574. The summed E-state index contributed by atoms with van der Waals surface area (Å²) in [7, 11) is 0. The van der Waals surface area contributed by atoms with E-state index < -0.39 is 11.5 Å². The molecule has 0 fully saturated rings. The molecule has 0 saturated carbocycles. The number of fused-ring (bicyclic) bond motifs is 2. The highest BCUT2D eigenvalue weighted by Crippen LogP contribution is 2.23. The molecule has 1 N–H and O–H groups in total. The van der Waals surface area contributed by atoms with Crippen LogP contribution in [0.3, 0.4) is 0 Å². The van der Waals surface area contributed by atoms with Crippen molar-refractivity contribution in [1.29, 1.82) is 0 Å². The zero-order valence-corrected chi connectivity index (χ0v) is 16.4. The number of benzene rings is 2. The summed E-state index contributed by atoms with van der Waals surface area (Å²) in [4.78, 5) is 42.2. The lowest BCUT2D eigenvalue weighted by Gasteiger charge is -2.10. The lowest BCUT2D eigenvalue weighted by molar-refractivity contribution is -0.116. The number of aromatic nitrogens is 2. The van der Waals surface area contributed by atoms with Gasteiger partial charge in [0.1, 0.15) is 11.4 Å². The molecule has 4 aromatic rings. The number of carbonyl (C=O) groups is 2. The van der Waals surface area contributed by atoms with Gasteiger partial charge in [0.15, 0.2) is 0 Å². The molecule has 4 rings (SSSR count). The molecule has 0 saturated heterocycles. The van der Waals surface area contributed by atoms with Gasteiger partial charge in [-0.05, 0) is 18.4 Å². The van der Waals surface area contributed by atoms with Crippen LogP contribution < -0.4 is 10.9 Å². The maximum atomic E-state index is 12.9. The molecule has 1 amide bonds. The van der Waals surface area contributed by atoms with Crippen LogP contribution in [0.4, 0.5) is 5.69 Å². The molecule has 146 valence electrons. The quantitative estimate of drug-likeness (QED) is 0.512. The SMILES string of the molecule is CCOC(=O)c1csc2ncn(CC(=O)Nc3cccc4ccccc34)c(=O)c12. The molecular formula is C21H17N3O4S. The second kappa shape index (κ2) is 7.84. The van der Waals surface area contributed by atoms with Crippen LogP contribution >= 0.6 is 11.3 Å². The standard InChI is InChI=1S/C21H17N3O4S/c1-2-28-21(27)15-11-29-19-18(15)20(26)24(12-22-19)10-17(25)23-16-9-5-7-13-6-3-4-8-14(13)16/h3-9,11-12H,2,10H2,1H3,(H,23,25). The van der Waals surface area contributed by atoms with Gasteiger partial charge in [-0.2, -0.15) is 0 Å². The normalized spacial score (nSPS) is 10.9. The van der Waals surface area contributed by atoms with Crippen LogP contribution in [0.2, 0.25) is 0 Å². The Kier molecular flexibility index (Phi) is 5.09. The molecule has 0 spiro atoms. The topological polar surface area (TPSA) is 90.3 Å². The Bertz CT molecular complexity index is 1290. The Balaban J connectivity index is 1.63. The van der Waals surface area contributed by atoms with Crippen molar-refractivity contribution in [2.45, 2.75) is 13.5 Å². The molecule has 8 heteroatoms. The highest BCUT2D eigenvalue weighted by molar-refractivity contribution is 7.17. The first-order chi connectivity index (χ1) is 14.1. The van der Waals surface area contributed by atoms with Crippen molar-refractivity contribution in [2.75, 3.05) is 11.9 Å². The van der Waals surface area contributed by atoms with Crippen molar-refractivity contribution < 1.29 is 14.3 Å². The first-order valence-electron chi connectivity index (χ1n) is 9.00. The summed E-state index contributed by atoms with van der Waals surface area (Å²) in [6, 6.07) is 13.3. The van der Waals surface area contributed by atoms with Crippen molar-refractivity contribution in [3.8, 4) is 0 Å². The summed E-state index contributed by atoms with van der Waals surface area (Å²) in [5.74, 6) is -0.937. The Morgan fingerprint density at radius 3 is 2.79 bits per heavy atom. The van der Waals surface area contributed by atoms with Gasteiger partial charge in [0, 0.05) is 16.5 Å². The molecule has 0 unspecified atom stereocenters. The van der Waals surface area contributed by atoms with Gasteiger partial charge in [-0.1, -0.05) is 36.4 Å². The Hall–Kier alpha value is -3.52. The van der Waals surface area contributed by atoms with Crippen LogP contribution in [0.25, 0.3) is 21.0 Å². The predicted molar refractivity (Wildman–Crippen MR) is 112 cm³/mol. The molecule has 2 aromatic carbocycles. The maximum Gasteiger partial charge on any atom is 0.339 e. The highest BCUT2D eigenvalue weighted by atomic mass is 32.1. The fourth-order valence-electron chi connectivity index (χ4n) is 3.12. The molecule has 0 aliphatic rings. The van der Waals surface area contributed by atoms with Gasteiger partial charge >= 0.3 is 5.97 Å². The van der Waals surface area contributed by atoms with Crippen LogP contribution in [0, 0.1) is 0 Å². The number of hydrogen-bond donors (Lipinski definition) is 1. The van der Waals surface area contributed by atoms with Crippen LogP contribution in [-0.2, 0) is 16.1 Å². The summed E-state index contributed by atoms with van der Waals surface area (Å²) in [6.45, 7) is 1.68. The lowest BCUT2D eigenvalue weighted by Crippen LogP contribution is -2.28. The highest BCUT2D eigenvalue weighted by Gasteiger charge is 2.19. The van der Waals surface area contributed by atoms with E-state index in [0.717, 1.165) is 10.8 Å². The number of nitrogens with one attached hydrogen (secondary N) is 1. The molecule has 2 heterocycles. The minimum absolute atomic E-state index is 0.174. The zero-order valence-electron chi connectivity index (χ0n) is 15.5. The average Bonchev–Trinajstić information content (AvgIpc) is 3.16. The number of rotatable bonds is 5. The van der Waals surface area contributed by atoms with E-state index in [1.165, 1.54) is 22.2 Å². The van der Waals surface area contributed by atoms with Gasteiger partial charge in [-0.15, -0.1) is 11.3 Å². The van der Waals surface area contributed by atoms with Gasteiger partial charge in [-0.25, -0.2) is 9.78 Å². The maximum absolute atomic E-state index is 12.9. The summed E-state index contributed by atoms with van der Waals surface area (Å²) in [6.07, 6.45) is 1.32. The van der Waals surface area contributed by atoms with E-state index in [4.69, 9.17) is 4.74 Å². The number of anilines is 1. The van der Waals surface area contributed by atoms with Gasteiger partial charge in [0.05, 0.1) is 23.9 Å². The fourth-order valence-corrected chi connectivity index (χ4v) is 3.98. The first kappa shape index (κ1) is 18.8. The number of amides is 1. The second-order valence-electron chi connectivity index (χ2n) is 6.30. The van der Waals surface area contributed by atoms with Gasteiger partial charge in [-0.3, -0.25) is 14.2 Å². The molecule has 0 aliphatic carbocycles. The summed E-state index contributed by atoms with van der Waals surface area (Å²) >= 11 is 1.19.